The van der Waals surface area contributed by atoms with E-state index >= 15 is 0 Å². The van der Waals surface area contributed by atoms with Gasteiger partial charge in [-0.3, -0.25) is 4.79 Å². The molecule has 2 heterocycles. The Bertz CT molecular complexity index is 980. The predicted octanol–water partition coefficient (Wildman–Crippen LogP) is 4.88. The summed E-state index contributed by atoms with van der Waals surface area (Å²) in [7, 11) is 0. The molecular formula is C22H21BrN2O2. The highest BCUT2D eigenvalue weighted by Crippen LogP contribution is 2.27. The molecular weight excluding hydrogens is 404 g/mol. The monoisotopic (exact) mass is 424 g/mol. The van der Waals surface area contributed by atoms with Crippen LogP contribution in [0, 0.1) is 6.92 Å². The second-order valence-electron chi connectivity index (χ2n) is 6.88. The summed E-state index contributed by atoms with van der Waals surface area (Å²) in [5.41, 5.74) is 4.35. The maximum atomic E-state index is 13.0. The number of pyridine rings is 1. The van der Waals surface area contributed by atoms with Crippen LogP contribution < -0.4 is 5.32 Å². The van der Waals surface area contributed by atoms with Gasteiger partial charge in [-0.1, -0.05) is 46.3 Å². The van der Waals surface area contributed by atoms with Crippen molar-refractivity contribution in [1.82, 2.24) is 10.3 Å². The highest BCUT2D eigenvalue weighted by molar-refractivity contribution is 9.10. The largest absolute Gasteiger partial charge is 0.376 e. The molecule has 1 fully saturated rings. The van der Waals surface area contributed by atoms with Gasteiger partial charge in [-0.2, -0.15) is 0 Å². The zero-order chi connectivity index (χ0) is 18.8. The highest BCUT2D eigenvalue weighted by atomic mass is 79.9. The molecule has 3 aromatic rings. The molecule has 0 aliphatic carbocycles. The number of hydrogen-bond donors (Lipinski definition) is 1. The summed E-state index contributed by atoms with van der Waals surface area (Å²) >= 11 is 3.46. The van der Waals surface area contributed by atoms with E-state index in [0.29, 0.717) is 12.1 Å². The minimum Gasteiger partial charge on any atom is -0.376 e. The van der Waals surface area contributed by atoms with Crippen molar-refractivity contribution in [1.29, 1.82) is 0 Å². The van der Waals surface area contributed by atoms with Gasteiger partial charge in [0.2, 0.25) is 0 Å². The number of nitrogens with one attached hydrogen (secondary N) is 1. The average Bonchev–Trinajstić information content (AvgIpc) is 3.20. The van der Waals surface area contributed by atoms with Crippen molar-refractivity contribution in [2.45, 2.75) is 25.9 Å². The van der Waals surface area contributed by atoms with Gasteiger partial charge in [-0.25, -0.2) is 4.98 Å². The lowest BCUT2D eigenvalue weighted by Crippen LogP contribution is -2.32. The van der Waals surface area contributed by atoms with Gasteiger partial charge in [-0.05, 0) is 43.5 Å². The molecule has 1 aliphatic rings. The molecule has 1 saturated heterocycles. The van der Waals surface area contributed by atoms with Gasteiger partial charge in [-0.15, -0.1) is 0 Å². The zero-order valence-corrected chi connectivity index (χ0v) is 16.8. The van der Waals surface area contributed by atoms with E-state index in [0.717, 1.165) is 51.6 Å². The standard InChI is InChI=1S/C22H21BrN2O2/c1-14-4-2-6-18-19(22(26)24-13-17-5-3-11-27-17)12-20(25-21(14)18)15-7-9-16(23)10-8-15/h2,4,6-10,12,17H,3,5,11,13H2,1H3,(H,24,26)/t17-/m1/s1. The number of aromatic nitrogens is 1. The van der Waals surface area contributed by atoms with Crippen LogP contribution in [0.1, 0.15) is 28.8 Å². The SMILES string of the molecule is Cc1cccc2c(C(=O)NC[C@H]3CCCO3)cc(-c3ccc(Br)cc3)nc12. The lowest BCUT2D eigenvalue weighted by atomic mass is 10.0. The number of fused-ring (bicyclic) bond motifs is 1. The Morgan fingerprint density at radius 3 is 2.81 bits per heavy atom. The van der Waals surface area contributed by atoms with Gasteiger partial charge in [0.15, 0.2) is 0 Å². The summed E-state index contributed by atoms with van der Waals surface area (Å²) in [4.78, 5) is 17.8. The number of para-hydroxylation sites is 1. The predicted molar refractivity (Wildman–Crippen MR) is 111 cm³/mol. The molecule has 1 atom stereocenters. The van der Waals surface area contributed by atoms with Gasteiger partial charge < -0.3 is 10.1 Å². The normalized spacial score (nSPS) is 16.6. The quantitative estimate of drug-likeness (QED) is 0.648. The first-order valence-corrected chi connectivity index (χ1v) is 9.97. The highest BCUT2D eigenvalue weighted by Gasteiger charge is 2.19. The molecule has 0 radical (unpaired) electrons. The summed E-state index contributed by atoms with van der Waals surface area (Å²) in [6.45, 7) is 3.35. The molecule has 0 unspecified atom stereocenters. The van der Waals surface area contributed by atoms with Crippen molar-refractivity contribution < 1.29 is 9.53 Å². The second-order valence-corrected chi connectivity index (χ2v) is 7.79. The fourth-order valence-electron chi connectivity index (χ4n) is 3.46. The minimum absolute atomic E-state index is 0.0816. The second kappa shape index (κ2) is 7.79. The van der Waals surface area contributed by atoms with Crippen molar-refractivity contribution >= 4 is 32.7 Å². The fraction of sp³-hybridized carbons (Fsp3) is 0.273. The number of amides is 1. The first-order valence-electron chi connectivity index (χ1n) is 9.18. The van der Waals surface area contributed by atoms with Crippen LogP contribution in [0.4, 0.5) is 0 Å². The number of benzene rings is 2. The summed E-state index contributed by atoms with van der Waals surface area (Å²) in [5, 5.41) is 3.92. The summed E-state index contributed by atoms with van der Waals surface area (Å²) < 4.78 is 6.63. The van der Waals surface area contributed by atoms with Crippen molar-refractivity contribution in [3.8, 4) is 11.3 Å². The first-order chi connectivity index (χ1) is 13.1. The molecule has 1 aromatic heterocycles. The maximum absolute atomic E-state index is 13.0. The van der Waals surface area contributed by atoms with E-state index in [1.165, 1.54) is 0 Å². The summed E-state index contributed by atoms with van der Waals surface area (Å²) in [6, 6.07) is 15.8. The minimum atomic E-state index is -0.0816. The van der Waals surface area contributed by atoms with E-state index in [4.69, 9.17) is 9.72 Å². The van der Waals surface area contributed by atoms with Crippen LogP contribution in [-0.4, -0.2) is 30.1 Å². The Hall–Kier alpha value is -2.24. The van der Waals surface area contributed by atoms with Crippen molar-refractivity contribution in [3.63, 3.8) is 0 Å². The number of ether oxygens (including phenoxy) is 1. The van der Waals surface area contributed by atoms with E-state index in [1.54, 1.807) is 0 Å². The molecule has 5 heteroatoms. The lowest BCUT2D eigenvalue weighted by molar-refractivity contribution is 0.0859. The third-order valence-electron chi connectivity index (χ3n) is 4.94. The van der Waals surface area contributed by atoms with E-state index in [2.05, 4.69) is 21.2 Å². The molecule has 2 aromatic carbocycles. The van der Waals surface area contributed by atoms with E-state index in [-0.39, 0.29) is 12.0 Å². The van der Waals surface area contributed by atoms with Crippen LogP contribution >= 0.6 is 15.9 Å². The molecule has 4 rings (SSSR count). The fourth-order valence-corrected chi connectivity index (χ4v) is 3.72. The summed E-state index contributed by atoms with van der Waals surface area (Å²) in [5.74, 6) is -0.0816. The number of aryl methyl sites for hydroxylation is 1. The van der Waals surface area contributed by atoms with Crippen LogP contribution in [0.15, 0.2) is 53.0 Å². The van der Waals surface area contributed by atoms with Crippen molar-refractivity contribution in [3.05, 3.63) is 64.1 Å². The molecule has 0 saturated carbocycles. The number of carbonyl (C=O) groups is 1. The van der Waals surface area contributed by atoms with Crippen LogP contribution in [0.5, 0.6) is 0 Å². The van der Waals surface area contributed by atoms with Crippen molar-refractivity contribution in [2.75, 3.05) is 13.2 Å². The van der Waals surface area contributed by atoms with Crippen LogP contribution in [0.2, 0.25) is 0 Å². The van der Waals surface area contributed by atoms with Crippen LogP contribution in [-0.2, 0) is 4.74 Å². The molecule has 138 valence electrons. The molecule has 0 bridgehead atoms. The Labute approximate surface area is 167 Å². The molecule has 1 N–H and O–H groups in total. The molecule has 1 amide bonds. The zero-order valence-electron chi connectivity index (χ0n) is 15.2. The van der Waals surface area contributed by atoms with Crippen LogP contribution in [0.3, 0.4) is 0 Å². The van der Waals surface area contributed by atoms with E-state index in [9.17, 15) is 4.79 Å². The van der Waals surface area contributed by atoms with Crippen LogP contribution in [0.25, 0.3) is 22.2 Å². The number of rotatable bonds is 4. The van der Waals surface area contributed by atoms with Gasteiger partial charge in [0.05, 0.1) is 22.9 Å². The molecule has 27 heavy (non-hydrogen) atoms. The summed E-state index contributed by atoms with van der Waals surface area (Å²) in [6.07, 6.45) is 2.18. The van der Waals surface area contributed by atoms with E-state index in [1.807, 2.05) is 55.5 Å². The lowest BCUT2D eigenvalue weighted by Gasteiger charge is -2.14. The Balaban J connectivity index is 1.74. The van der Waals surface area contributed by atoms with Gasteiger partial charge >= 0.3 is 0 Å². The average molecular weight is 425 g/mol. The van der Waals surface area contributed by atoms with Gasteiger partial charge in [0.1, 0.15) is 0 Å². The maximum Gasteiger partial charge on any atom is 0.252 e. The third kappa shape index (κ3) is 3.89. The molecule has 1 aliphatic heterocycles. The smallest absolute Gasteiger partial charge is 0.252 e. The Morgan fingerprint density at radius 1 is 1.26 bits per heavy atom. The number of carbonyl (C=O) groups excluding carboxylic acids is 1. The Kier molecular flexibility index (Phi) is 5.23. The topological polar surface area (TPSA) is 51.2 Å². The van der Waals surface area contributed by atoms with E-state index < -0.39 is 0 Å². The first kappa shape index (κ1) is 18.1. The number of hydrogen-bond acceptors (Lipinski definition) is 3. The number of nitrogens with zero attached hydrogens (tertiary/aromatic N) is 1. The van der Waals surface area contributed by atoms with Crippen molar-refractivity contribution in [2.24, 2.45) is 0 Å². The number of halogens is 1. The Morgan fingerprint density at radius 2 is 2.07 bits per heavy atom. The van der Waals surface area contributed by atoms with Gasteiger partial charge in [0.25, 0.3) is 5.91 Å². The third-order valence-corrected chi connectivity index (χ3v) is 5.47. The molecule has 0 spiro atoms. The van der Waals surface area contributed by atoms with Gasteiger partial charge in [0, 0.05) is 28.6 Å². The molecule has 4 nitrogen and oxygen atoms in total.